The number of benzene rings is 2. The molecule has 0 radical (unpaired) electrons. The molecule has 1 unspecified atom stereocenters. The second kappa shape index (κ2) is 6.51. The number of hydrogen-bond donors (Lipinski definition) is 2. The molecule has 24 heavy (non-hydrogen) atoms. The summed E-state index contributed by atoms with van der Waals surface area (Å²) in [5.41, 5.74) is -0.643. The Bertz CT molecular complexity index is 1010. The molecule has 0 amide bonds. The molecule has 8 heteroatoms. The molecule has 0 aliphatic carbocycles. The summed E-state index contributed by atoms with van der Waals surface area (Å²) in [4.78, 5) is 2.98. The number of aromatic nitrogens is 1. The Morgan fingerprint density at radius 1 is 1.17 bits per heavy atom. The molecule has 2 aromatic carbocycles. The Labute approximate surface area is 155 Å². The first-order valence-electron chi connectivity index (χ1n) is 6.86. The van der Waals surface area contributed by atoms with Gasteiger partial charge in [0, 0.05) is 31.6 Å². The second-order valence-corrected chi connectivity index (χ2v) is 8.87. The van der Waals surface area contributed by atoms with Gasteiger partial charge in [-0.25, -0.2) is 8.42 Å². The summed E-state index contributed by atoms with van der Waals surface area (Å²) in [5.74, 6) is 0.520. The van der Waals surface area contributed by atoms with Gasteiger partial charge in [-0.1, -0.05) is 15.9 Å². The molecule has 0 saturated carbocycles. The van der Waals surface area contributed by atoms with Crippen LogP contribution in [0.1, 0.15) is 11.0 Å². The number of rotatable bonds is 4. The van der Waals surface area contributed by atoms with Crippen LogP contribution in [0.15, 0.2) is 56.4 Å². The van der Waals surface area contributed by atoms with E-state index < -0.39 is 15.3 Å². The lowest BCUT2D eigenvalue weighted by atomic mass is 10.2. The van der Waals surface area contributed by atoms with Gasteiger partial charge < -0.3 is 14.8 Å². The van der Waals surface area contributed by atoms with Crippen LogP contribution in [0.3, 0.4) is 0 Å². The van der Waals surface area contributed by atoms with E-state index in [0.717, 1.165) is 9.99 Å². The van der Waals surface area contributed by atoms with Crippen LogP contribution in [0.2, 0.25) is 0 Å². The van der Waals surface area contributed by atoms with Crippen LogP contribution in [0.25, 0.3) is 10.9 Å². The van der Waals surface area contributed by atoms with Gasteiger partial charge in [-0.2, -0.15) is 0 Å². The monoisotopic (exact) mass is 473 g/mol. The number of aliphatic hydroxyl groups is 1. The fraction of sp³-hybridized carbons (Fsp3) is 0.125. The SMILES string of the molecule is COc1ccc(S(=O)(=O)C(O)c2c[nH]c3ccc(Br)cc23)c(Br)c1. The van der Waals surface area contributed by atoms with E-state index in [1.165, 1.54) is 25.4 Å². The lowest BCUT2D eigenvalue weighted by molar-refractivity contribution is 0.256. The summed E-state index contributed by atoms with van der Waals surface area (Å²) in [6, 6.07) is 9.91. The minimum Gasteiger partial charge on any atom is -0.497 e. The first kappa shape index (κ1) is 17.5. The molecule has 0 spiro atoms. The van der Waals surface area contributed by atoms with Gasteiger partial charge in [0.1, 0.15) is 5.75 Å². The normalized spacial score (nSPS) is 13.2. The van der Waals surface area contributed by atoms with Crippen molar-refractivity contribution >= 4 is 52.6 Å². The zero-order valence-corrected chi connectivity index (χ0v) is 16.4. The lowest BCUT2D eigenvalue weighted by Crippen LogP contribution is -2.13. The van der Waals surface area contributed by atoms with Crippen molar-refractivity contribution in [3.05, 3.63) is 57.1 Å². The predicted molar refractivity (Wildman–Crippen MR) is 98.8 cm³/mol. The smallest absolute Gasteiger partial charge is 0.210 e. The number of halogens is 2. The zero-order chi connectivity index (χ0) is 17.5. The number of fused-ring (bicyclic) bond motifs is 1. The number of ether oxygens (including phenoxy) is 1. The number of aromatic amines is 1. The van der Waals surface area contributed by atoms with Gasteiger partial charge in [-0.15, -0.1) is 0 Å². The van der Waals surface area contributed by atoms with Crippen LogP contribution < -0.4 is 4.74 Å². The molecule has 2 N–H and O–H groups in total. The largest absolute Gasteiger partial charge is 0.497 e. The van der Waals surface area contributed by atoms with Crippen LogP contribution >= 0.6 is 31.9 Å². The highest BCUT2D eigenvalue weighted by Crippen LogP contribution is 2.36. The van der Waals surface area contributed by atoms with Crippen molar-refractivity contribution in [1.29, 1.82) is 0 Å². The summed E-state index contributed by atoms with van der Waals surface area (Å²) in [6.45, 7) is 0. The van der Waals surface area contributed by atoms with Gasteiger partial charge in [0.05, 0.1) is 12.0 Å². The van der Waals surface area contributed by atoms with Crippen molar-refractivity contribution in [3.63, 3.8) is 0 Å². The van der Waals surface area contributed by atoms with E-state index in [1.54, 1.807) is 12.1 Å². The molecule has 3 rings (SSSR count). The van der Waals surface area contributed by atoms with E-state index in [4.69, 9.17) is 4.74 Å². The van der Waals surface area contributed by atoms with E-state index in [0.29, 0.717) is 21.2 Å². The van der Waals surface area contributed by atoms with Crippen molar-refractivity contribution in [2.45, 2.75) is 10.3 Å². The van der Waals surface area contributed by atoms with Gasteiger partial charge in [-0.3, -0.25) is 0 Å². The standard InChI is InChI=1S/C16H13Br2NO4S/c1-23-10-3-5-15(13(18)7-10)24(21,22)16(20)12-8-19-14-4-2-9(17)6-11(12)14/h2-8,16,19-20H,1H3. The van der Waals surface area contributed by atoms with E-state index in [2.05, 4.69) is 36.8 Å². The lowest BCUT2D eigenvalue weighted by Gasteiger charge is -2.14. The van der Waals surface area contributed by atoms with Gasteiger partial charge in [0.2, 0.25) is 9.84 Å². The average molecular weight is 475 g/mol. The molecule has 0 aliphatic rings. The summed E-state index contributed by atoms with van der Waals surface area (Å²) in [7, 11) is -2.51. The van der Waals surface area contributed by atoms with E-state index >= 15 is 0 Å². The molecular weight excluding hydrogens is 462 g/mol. The minimum absolute atomic E-state index is 0.000136. The third kappa shape index (κ3) is 2.99. The summed E-state index contributed by atoms with van der Waals surface area (Å²) < 4.78 is 31.9. The summed E-state index contributed by atoms with van der Waals surface area (Å²) in [5, 5.41) is 11.2. The Morgan fingerprint density at radius 3 is 2.58 bits per heavy atom. The topological polar surface area (TPSA) is 79.4 Å². The van der Waals surface area contributed by atoms with E-state index in [-0.39, 0.29) is 4.90 Å². The number of nitrogens with one attached hydrogen (secondary N) is 1. The first-order chi connectivity index (χ1) is 11.3. The maximum absolute atomic E-state index is 12.8. The first-order valence-corrected chi connectivity index (χ1v) is 10.00. The fourth-order valence-electron chi connectivity index (χ4n) is 2.45. The molecule has 0 aliphatic heterocycles. The van der Waals surface area contributed by atoms with Crippen molar-refractivity contribution in [2.24, 2.45) is 0 Å². The molecule has 1 atom stereocenters. The molecule has 0 bridgehead atoms. The molecule has 5 nitrogen and oxygen atoms in total. The third-order valence-electron chi connectivity index (χ3n) is 3.68. The molecule has 126 valence electrons. The Kier molecular flexibility index (Phi) is 4.74. The Morgan fingerprint density at radius 2 is 1.92 bits per heavy atom. The maximum atomic E-state index is 12.8. The van der Waals surface area contributed by atoms with Gasteiger partial charge >= 0.3 is 0 Å². The molecule has 3 aromatic rings. The van der Waals surface area contributed by atoms with Gasteiger partial charge in [-0.05, 0) is 52.3 Å². The highest BCUT2D eigenvalue weighted by atomic mass is 79.9. The molecule has 1 aromatic heterocycles. The molecule has 0 fully saturated rings. The number of sulfone groups is 1. The number of methoxy groups -OCH3 is 1. The zero-order valence-electron chi connectivity index (χ0n) is 12.5. The number of aliphatic hydroxyl groups excluding tert-OH is 1. The highest BCUT2D eigenvalue weighted by molar-refractivity contribution is 9.10. The maximum Gasteiger partial charge on any atom is 0.210 e. The molecular formula is C16H13Br2NO4S. The highest BCUT2D eigenvalue weighted by Gasteiger charge is 2.31. The van der Waals surface area contributed by atoms with Crippen molar-refractivity contribution < 1.29 is 18.3 Å². The Balaban J connectivity index is 2.10. The van der Waals surface area contributed by atoms with Gasteiger partial charge in [0.25, 0.3) is 0 Å². The third-order valence-corrected chi connectivity index (χ3v) is 6.90. The van der Waals surface area contributed by atoms with Crippen LogP contribution in [-0.4, -0.2) is 25.6 Å². The predicted octanol–water partition coefficient (Wildman–Crippen LogP) is 4.17. The van der Waals surface area contributed by atoms with Crippen LogP contribution in [-0.2, 0) is 9.84 Å². The average Bonchev–Trinajstić information content (AvgIpc) is 2.96. The van der Waals surface area contributed by atoms with Crippen LogP contribution in [0.5, 0.6) is 5.75 Å². The second-order valence-electron chi connectivity index (χ2n) is 5.13. The minimum atomic E-state index is -4.00. The van der Waals surface area contributed by atoms with Crippen molar-refractivity contribution in [2.75, 3.05) is 7.11 Å². The molecule has 1 heterocycles. The Hall–Kier alpha value is -1.35. The van der Waals surface area contributed by atoms with E-state index in [9.17, 15) is 13.5 Å². The summed E-state index contributed by atoms with van der Waals surface area (Å²) >= 11 is 6.59. The van der Waals surface area contributed by atoms with Crippen molar-refractivity contribution in [3.8, 4) is 5.75 Å². The van der Waals surface area contributed by atoms with Gasteiger partial charge in [0.15, 0.2) is 5.44 Å². The fourth-order valence-corrected chi connectivity index (χ4v) is 5.20. The van der Waals surface area contributed by atoms with Crippen molar-refractivity contribution in [1.82, 2.24) is 4.98 Å². The van der Waals surface area contributed by atoms with E-state index in [1.807, 2.05) is 12.1 Å². The number of hydrogen-bond acceptors (Lipinski definition) is 4. The number of H-pyrrole nitrogens is 1. The molecule has 0 saturated heterocycles. The summed E-state index contributed by atoms with van der Waals surface area (Å²) in [6.07, 6.45) is 1.51. The quantitative estimate of drug-likeness (QED) is 0.594. The van der Waals surface area contributed by atoms with Crippen LogP contribution in [0, 0.1) is 0 Å². The van der Waals surface area contributed by atoms with Crippen LogP contribution in [0.4, 0.5) is 0 Å².